The molecule has 4 rings (SSSR count). The summed E-state index contributed by atoms with van der Waals surface area (Å²) in [7, 11) is 0. The highest BCUT2D eigenvalue weighted by atomic mass is 16.3. The Bertz CT molecular complexity index is 1470. The topological polar surface area (TPSA) is 65.2 Å². The summed E-state index contributed by atoms with van der Waals surface area (Å²) in [5, 5.41) is 24.3. The first-order valence-electron chi connectivity index (χ1n) is 16.8. The van der Waals surface area contributed by atoms with Crippen molar-refractivity contribution >= 4 is 34.6 Å². The van der Waals surface area contributed by atoms with Crippen LogP contribution < -0.4 is 0 Å². The van der Waals surface area contributed by atoms with Gasteiger partial charge in [0.1, 0.15) is 11.5 Å². The summed E-state index contributed by atoms with van der Waals surface area (Å²) >= 11 is 0. The maximum Gasteiger partial charge on any atom is 0.127 e. The van der Waals surface area contributed by atoms with Gasteiger partial charge in [0.15, 0.2) is 0 Å². The molecule has 0 aliphatic rings. The molecule has 0 spiro atoms. The van der Waals surface area contributed by atoms with Crippen LogP contribution in [0.1, 0.15) is 112 Å². The van der Waals surface area contributed by atoms with Gasteiger partial charge in [-0.25, -0.2) is 0 Å². The Morgan fingerprint density at radius 1 is 0.545 bits per heavy atom. The van der Waals surface area contributed by atoms with E-state index >= 15 is 0 Å². The molecule has 0 bridgehead atoms. The van der Waals surface area contributed by atoms with Gasteiger partial charge in [-0.1, -0.05) is 89.8 Å². The minimum atomic E-state index is 0.332. The minimum Gasteiger partial charge on any atom is -0.507 e. The predicted molar refractivity (Wildman–Crippen MR) is 189 cm³/mol. The van der Waals surface area contributed by atoms with Crippen LogP contribution in [0.25, 0.3) is 10.8 Å². The second kappa shape index (κ2) is 16.8. The van der Waals surface area contributed by atoms with Gasteiger partial charge < -0.3 is 10.2 Å². The Morgan fingerprint density at radius 2 is 0.955 bits per heavy atom. The first-order chi connectivity index (χ1) is 21.5. The lowest BCUT2D eigenvalue weighted by Crippen LogP contribution is -1.96. The molecule has 44 heavy (non-hydrogen) atoms. The third-order valence-electron chi connectivity index (χ3n) is 8.34. The zero-order valence-electron chi connectivity index (χ0n) is 27.2. The smallest absolute Gasteiger partial charge is 0.127 e. The summed E-state index contributed by atoms with van der Waals surface area (Å²) in [6.07, 6.45) is 16.1. The molecule has 0 amide bonds. The average Bonchev–Trinajstić information content (AvgIpc) is 3.04. The Kier molecular flexibility index (Phi) is 12.6. The summed E-state index contributed by atoms with van der Waals surface area (Å²) < 4.78 is 0. The third-order valence-corrected chi connectivity index (χ3v) is 8.34. The Morgan fingerprint density at radius 3 is 1.36 bits per heavy atom. The summed E-state index contributed by atoms with van der Waals surface area (Å²) in [6.45, 7) is 8.77. The fourth-order valence-electron chi connectivity index (χ4n) is 5.73. The number of nitrogens with zero attached hydrogens (tertiary/aromatic N) is 2. The fourth-order valence-corrected chi connectivity index (χ4v) is 5.73. The van der Waals surface area contributed by atoms with Crippen LogP contribution in [0.3, 0.4) is 0 Å². The number of aryl methyl sites for hydroxylation is 4. The standard InChI is InChI=1S/C40H50N2O2/c1-5-9-15-29-23-32(17-11-7-3)39(43)34(25-29)27-41-36-21-13-19-31-20-14-22-37(38(31)36)42-28-35-26-30(16-10-6-2)24-33(40(35)44)18-12-8-4/h13-14,19-28,43-44H,5-12,15-18H2,1-4H3. The second-order valence-corrected chi connectivity index (χ2v) is 12.0. The van der Waals surface area contributed by atoms with E-state index in [4.69, 9.17) is 9.98 Å². The molecule has 0 saturated carbocycles. The number of aliphatic imine (C=N–C) groups is 2. The molecule has 232 valence electrons. The van der Waals surface area contributed by atoms with Gasteiger partial charge in [-0.2, -0.15) is 0 Å². The number of benzene rings is 4. The molecule has 4 aromatic carbocycles. The lowest BCUT2D eigenvalue weighted by molar-refractivity contribution is 0.465. The highest BCUT2D eigenvalue weighted by Crippen LogP contribution is 2.36. The number of unbranched alkanes of at least 4 members (excludes halogenated alkanes) is 4. The van der Waals surface area contributed by atoms with Crippen molar-refractivity contribution in [3.05, 3.63) is 94.0 Å². The van der Waals surface area contributed by atoms with Crippen molar-refractivity contribution in [2.24, 2.45) is 9.98 Å². The highest BCUT2D eigenvalue weighted by Gasteiger charge is 2.12. The monoisotopic (exact) mass is 590 g/mol. The van der Waals surface area contributed by atoms with Crippen LogP contribution >= 0.6 is 0 Å². The molecule has 0 radical (unpaired) electrons. The van der Waals surface area contributed by atoms with Crippen LogP contribution in [0.2, 0.25) is 0 Å². The zero-order valence-corrected chi connectivity index (χ0v) is 27.2. The van der Waals surface area contributed by atoms with Crippen molar-refractivity contribution < 1.29 is 10.2 Å². The van der Waals surface area contributed by atoms with E-state index in [9.17, 15) is 10.2 Å². The van der Waals surface area contributed by atoms with Crippen LogP contribution in [0, 0.1) is 0 Å². The summed E-state index contributed by atoms with van der Waals surface area (Å²) in [5.41, 5.74) is 7.63. The molecule has 4 heteroatoms. The number of rotatable bonds is 16. The maximum absolute atomic E-state index is 11.2. The van der Waals surface area contributed by atoms with Crippen molar-refractivity contribution in [3.63, 3.8) is 0 Å². The van der Waals surface area contributed by atoms with E-state index in [0.29, 0.717) is 11.5 Å². The molecule has 0 aromatic heterocycles. The normalized spacial score (nSPS) is 11.8. The lowest BCUT2D eigenvalue weighted by Gasteiger charge is -2.12. The van der Waals surface area contributed by atoms with Gasteiger partial charge in [0, 0.05) is 28.9 Å². The van der Waals surface area contributed by atoms with Gasteiger partial charge >= 0.3 is 0 Å². The van der Waals surface area contributed by atoms with Crippen LogP contribution in [0.5, 0.6) is 11.5 Å². The SMILES string of the molecule is CCCCc1cc(C=Nc2cccc3cccc(N=Cc4cc(CCCC)cc(CCCC)c4O)c23)c(O)c(CCCC)c1. The highest BCUT2D eigenvalue weighted by molar-refractivity contribution is 6.04. The molecule has 0 atom stereocenters. The van der Waals surface area contributed by atoms with Crippen molar-refractivity contribution in [3.8, 4) is 11.5 Å². The zero-order chi connectivity index (χ0) is 31.3. The summed E-state index contributed by atoms with van der Waals surface area (Å²) in [5.74, 6) is 0.663. The number of hydrogen-bond donors (Lipinski definition) is 2. The summed E-state index contributed by atoms with van der Waals surface area (Å²) in [6, 6.07) is 20.7. The number of hydrogen-bond acceptors (Lipinski definition) is 4. The molecule has 0 heterocycles. The maximum atomic E-state index is 11.2. The van der Waals surface area contributed by atoms with Crippen LogP contribution in [0.15, 0.2) is 70.6 Å². The molecule has 0 aliphatic carbocycles. The van der Waals surface area contributed by atoms with Gasteiger partial charge in [0.25, 0.3) is 0 Å². The molecule has 0 aliphatic heterocycles. The number of phenolic OH excluding ortho intramolecular Hbond substituents is 2. The second-order valence-electron chi connectivity index (χ2n) is 12.0. The fraction of sp³-hybridized carbons (Fsp3) is 0.400. The molecular weight excluding hydrogens is 540 g/mol. The van der Waals surface area contributed by atoms with E-state index in [1.54, 1.807) is 12.4 Å². The molecule has 0 saturated heterocycles. The first kappa shape index (κ1) is 33.0. The lowest BCUT2D eigenvalue weighted by atomic mass is 9.97. The van der Waals surface area contributed by atoms with E-state index in [-0.39, 0.29) is 0 Å². The van der Waals surface area contributed by atoms with Crippen molar-refractivity contribution in [2.75, 3.05) is 0 Å². The molecular formula is C40H50N2O2. The minimum absolute atomic E-state index is 0.332. The van der Waals surface area contributed by atoms with Crippen molar-refractivity contribution in [2.45, 2.75) is 105 Å². The van der Waals surface area contributed by atoms with Crippen LogP contribution in [0.4, 0.5) is 11.4 Å². The number of aromatic hydroxyl groups is 2. The first-order valence-corrected chi connectivity index (χ1v) is 16.8. The van der Waals surface area contributed by atoms with Crippen molar-refractivity contribution in [1.29, 1.82) is 0 Å². The van der Waals surface area contributed by atoms with Crippen LogP contribution in [-0.4, -0.2) is 22.6 Å². The van der Waals surface area contributed by atoms with Crippen molar-refractivity contribution in [1.82, 2.24) is 0 Å². The van der Waals surface area contributed by atoms with E-state index in [1.165, 1.54) is 11.1 Å². The summed E-state index contributed by atoms with van der Waals surface area (Å²) in [4.78, 5) is 9.86. The van der Waals surface area contributed by atoms with Gasteiger partial charge in [0.2, 0.25) is 0 Å². The molecule has 4 nitrogen and oxygen atoms in total. The van der Waals surface area contributed by atoms with Gasteiger partial charge in [-0.3, -0.25) is 9.98 Å². The van der Waals surface area contributed by atoms with E-state index < -0.39 is 0 Å². The largest absolute Gasteiger partial charge is 0.507 e. The van der Waals surface area contributed by atoms with E-state index in [1.807, 2.05) is 24.3 Å². The van der Waals surface area contributed by atoms with E-state index in [2.05, 4.69) is 64.1 Å². The number of phenols is 2. The van der Waals surface area contributed by atoms with Crippen LogP contribution in [-0.2, 0) is 25.7 Å². The molecule has 4 aromatic rings. The predicted octanol–water partition coefficient (Wildman–Crippen LogP) is 11.1. The number of fused-ring (bicyclic) bond motifs is 1. The Balaban J connectivity index is 1.74. The van der Waals surface area contributed by atoms with Gasteiger partial charge in [-0.05, 0) is 103 Å². The third kappa shape index (κ3) is 8.59. The van der Waals surface area contributed by atoms with Gasteiger partial charge in [-0.15, -0.1) is 0 Å². The Hall–Kier alpha value is -3.92. The van der Waals surface area contributed by atoms with Gasteiger partial charge in [0.05, 0.1) is 11.4 Å². The molecule has 0 fully saturated rings. The average molecular weight is 591 g/mol. The molecule has 0 unspecified atom stereocenters. The van der Waals surface area contributed by atoms with E-state index in [0.717, 1.165) is 121 Å². The quantitative estimate of drug-likeness (QED) is 0.127. The Labute approximate surface area is 264 Å². The molecule has 2 N–H and O–H groups in total.